The van der Waals surface area contributed by atoms with Crippen LogP contribution in [0, 0.1) is 5.82 Å². The third-order valence-corrected chi connectivity index (χ3v) is 10.1. The maximum Gasteiger partial charge on any atom is 0.248 e. The second kappa shape index (κ2) is 11.9. The average molecular weight is 636 g/mol. The van der Waals surface area contributed by atoms with E-state index >= 15 is 0 Å². The van der Waals surface area contributed by atoms with Gasteiger partial charge in [-0.15, -0.1) is 0 Å². The van der Waals surface area contributed by atoms with Gasteiger partial charge in [-0.3, -0.25) is 4.79 Å². The zero-order valence-electron chi connectivity index (χ0n) is 24.4. The standard InChI is InChI=1S/C39H26FN3OS2/c40-27-15-17-28(18-16-27)41-39(44)24-14-26-13-23-34-38(25-26)46-37-12-6-3-9-33(37)43(34)30-21-19-29(20-22-30)42-31-7-1-4-10-35(31)45-36-11-5-2-8-32(36)42/h1-25H,(H,41,44)/b24-14+. The van der Waals surface area contributed by atoms with Gasteiger partial charge in [0.1, 0.15) is 5.82 Å². The summed E-state index contributed by atoms with van der Waals surface area (Å²) in [4.78, 5) is 21.9. The number of nitrogens with one attached hydrogen (secondary N) is 1. The lowest BCUT2D eigenvalue weighted by atomic mass is 10.1. The van der Waals surface area contributed by atoms with Crippen LogP contribution >= 0.6 is 23.5 Å². The second-order valence-electron chi connectivity index (χ2n) is 10.9. The second-order valence-corrected chi connectivity index (χ2v) is 13.0. The Balaban J connectivity index is 1.11. The number of hydrogen-bond acceptors (Lipinski definition) is 5. The van der Waals surface area contributed by atoms with Crippen molar-refractivity contribution < 1.29 is 9.18 Å². The maximum absolute atomic E-state index is 13.2. The molecule has 2 aliphatic heterocycles. The zero-order chi connectivity index (χ0) is 31.0. The van der Waals surface area contributed by atoms with E-state index in [-0.39, 0.29) is 11.7 Å². The molecule has 1 amide bonds. The lowest BCUT2D eigenvalue weighted by Gasteiger charge is -2.35. The molecular weight excluding hydrogens is 610 g/mol. The van der Waals surface area contributed by atoms with Crippen molar-refractivity contribution in [3.63, 3.8) is 0 Å². The topological polar surface area (TPSA) is 35.6 Å². The quantitative estimate of drug-likeness (QED) is 0.190. The Kier molecular flexibility index (Phi) is 7.33. The van der Waals surface area contributed by atoms with Crippen LogP contribution in [0.15, 0.2) is 165 Å². The van der Waals surface area contributed by atoms with E-state index in [0.29, 0.717) is 5.69 Å². The first-order chi connectivity index (χ1) is 22.6. The number of fused-ring (bicyclic) bond motifs is 4. The van der Waals surface area contributed by atoms with Gasteiger partial charge in [0.05, 0.1) is 22.7 Å². The fraction of sp³-hybridized carbons (Fsp3) is 0. The molecule has 0 aliphatic carbocycles. The summed E-state index contributed by atoms with van der Waals surface area (Å²) in [6.45, 7) is 0. The molecular formula is C39H26FN3OS2. The molecule has 0 bridgehead atoms. The van der Waals surface area contributed by atoms with Gasteiger partial charge in [-0.2, -0.15) is 0 Å². The summed E-state index contributed by atoms with van der Waals surface area (Å²) in [6, 6.07) is 46.2. The van der Waals surface area contributed by atoms with E-state index in [2.05, 4.69) is 124 Å². The maximum atomic E-state index is 13.2. The lowest BCUT2D eigenvalue weighted by Crippen LogP contribution is -2.16. The number of halogens is 1. The fourth-order valence-corrected chi connectivity index (χ4v) is 7.94. The largest absolute Gasteiger partial charge is 0.323 e. The third kappa shape index (κ3) is 5.34. The molecule has 0 fully saturated rings. The predicted molar refractivity (Wildman–Crippen MR) is 188 cm³/mol. The normalized spacial score (nSPS) is 13.1. The molecule has 222 valence electrons. The van der Waals surface area contributed by atoms with Crippen molar-refractivity contribution in [2.24, 2.45) is 0 Å². The predicted octanol–water partition coefficient (Wildman–Crippen LogP) is 11.3. The van der Waals surface area contributed by atoms with E-state index in [1.807, 2.05) is 6.07 Å². The average Bonchev–Trinajstić information content (AvgIpc) is 3.09. The highest BCUT2D eigenvalue weighted by molar-refractivity contribution is 8.00. The molecule has 1 N–H and O–H groups in total. The van der Waals surface area contributed by atoms with Gasteiger partial charge in [-0.25, -0.2) is 4.39 Å². The molecule has 0 aromatic heterocycles. The highest BCUT2D eigenvalue weighted by Gasteiger charge is 2.27. The van der Waals surface area contributed by atoms with Crippen LogP contribution in [-0.4, -0.2) is 5.91 Å². The van der Waals surface area contributed by atoms with Crippen molar-refractivity contribution >= 4 is 75.3 Å². The molecule has 2 heterocycles. The summed E-state index contributed by atoms with van der Waals surface area (Å²) in [5.74, 6) is -0.619. The monoisotopic (exact) mass is 635 g/mol. The summed E-state index contributed by atoms with van der Waals surface area (Å²) in [6.07, 6.45) is 3.30. The molecule has 8 rings (SSSR count). The number of carbonyl (C=O) groups is 1. The molecule has 0 radical (unpaired) electrons. The summed E-state index contributed by atoms with van der Waals surface area (Å²) < 4.78 is 13.2. The van der Waals surface area contributed by atoms with Gasteiger partial charge < -0.3 is 15.1 Å². The summed E-state index contributed by atoms with van der Waals surface area (Å²) in [5.41, 5.74) is 8.18. The van der Waals surface area contributed by atoms with Crippen molar-refractivity contribution in [3.05, 3.63) is 157 Å². The van der Waals surface area contributed by atoms with Gasteiger partial charge in [0.25, 0.3) is 0 Å². The first-order valence-corrected chi connectivity index (χ1v) is 16.5. The fourth-order valence-electron chi connectivity index (χ4n) is 5.78. The van der Waals surface area contributed by atoms with Crippen LogP contribution in [-0.2, 0) is 4.79 Å². The Morgan fingerprint density at radius 3 is 1.59 bits per heavy atom. The van der Waals surface area contributed by atoms with Crippen LogP contribution in [0.1, 0.15) is 5.56 Å². The Hall–Kier alpha value is -5.24. The summed E-state index contributed by atoms with van der Waals surface area (Å²) in [5, 5.41) is 2.77. The minimum Gasteiger partial charge on any atom is -0.323 e. The minimum absolute atomic E-state index is 0.276. The Morgan fingerprint density at radius 2 is 1.04 bits per heavy atom. The van der Waals surface area contributed by atoms with E-state index in [1.54, 1.807) is 41.7 Å². The molecule has 0 saturated carbocycles. The number of anilines is 7. The number of carbonyl (C=O) groups excluding carboxylic acids is 1. The molecule has 0 spiro atoms. The Morgan fingerprint density at radius 1 is 0.565 bits per heavy atom. The molecule has 6 aromatic carbocycles. The number of hydrogen-bond donors (Lipinski definition) is 1. The van der Waals surface area contributed by atoms with E-state index in [9.17, 15) is 9.18 Å². The van der Waals surface area contributed by atoms with Crippen molar-refractivity contribution in [1.82, 2.24) is 0 Å². The molecule has 6 aromatic rings. The molecule has 2 aliphatic rings. The van der Waals surface area contributed by atoms with E-state index in [0.717, 1.165) is 38.1 Å². The van der Waals surface area contributed by atoms with Crippen molar-refractivity contribution in [1.29, 1.82) is 0 Å². The Labute approximate surface area is 275 Å². The minimum atomic E-state index is -0.343. The van der Waals surface area contributed by atoms with Gasteiger partial charge in [0.15, 0.2) is 0 Å². The Bertz CT molecular complexity index is 2080. The highest BCUT2D eigenvalue weighted by Crippen LogP contribution is 2.53. The highest BCUT2D eigenvalue weighted by atomic mass is 32.2. The molecule has 7 heteroatoms. The third-order valence-electron chi connectivity index (χ3n) is 7.89. The molecule has 0 unspecified atom stereocenters. The molecule has 4 nitrogen and oxygen atoms in total. The van der Waals surface area contributed by atoms with E-state index in [4.69, 9.17) is 0 Å². The van der Waals surface area contributed by atoms with Crippen molar-refractivity contribution in [2.75, 3.05) is 15.1 Å². The van der Waals surface area contributed by atoms with Crippen LogP contribution in [0.2, 0.25) is 0 Å². The first-order valence-electron chi connectivity index (χ1n) is 14.8. The SMILES string of the molecule is O=C(/C=C/c1ccc2c(c1)Sc1ccccc1N2c1ccc(N2c3ccccc3Sc3ccccc32)cc1)Nc1ccc(F)cc1. The van der Waals surface area contributed by atoms with Crippen LogP contribution in [0.3, 0.4) is 0 Å². The summed E-state index contributed by atoms with van der Waals surface area (Å²) in [7, 11) is 0. The van der Waals surface area contributed by atoms with Gasteiger partial charge in [0, 0.05) is 42.7 Å². The number of rotatable bonds is 5. The molecule has 46 heavy (non-hydrogen) atoms. The van der Waals surface area contributed by atoms with Crippen LogP contribution < -0.4 is 15.1 Å². The summed E-state index contributed by atoms with van der Waals surface area (Å²) >= 11 is 3.53. The van der Waals surface area contributed by atoms with Gasteiger partial charge in [0.2, 0.25) is 5.91 Å². The zero-order valence-corrected chi connectivity index (χ0v) is 26.1. The van der Waals surface area contributed by atoms with Gasteiger partial charge in [-0.05, 0) is 109 Å². The van der Waals surface area contributed by atoms with Crippen LogP contribution in [0.4, 0.5) is 44.2 Å². The van der Waals surface area contributed by atoms with Crippen molar-refractivity contribution in [3.8, 4) is 0 Å². The van der Waals surface area contributed by atoms with Gasteiger partial charge in [-0.1, -0.05) is 66.0 Å². The number of para-hydroxylation sites is 3. The molecule has 0 saturated heterocycles. The van der Waals surface area contributed by atoms with Crippen LogP contribution in [0.25, 0.3) is 6.08 Å². The van der Waals surface area contributed by atoms with Crippen molar-refractivity contribution in [2.45, 2.75) is 19.6 Å². The number of benzene rings is 6. The molecule has 0 atom stereocenters. The first kappa shape index (κ1) is 28.2. The smallest absolute Gasteiger partial charge is 0.248 e. The van der Waals surface area contributed by atoms with Crippen LogP contribution in [0.5, 0.6) is 0 Å². The van der Waals surface area contributed by atoms with Gasteiger partial charge >= 0.3 is 0 Å². The van der Waals surface area contributed by atoms with E-state index < -0.39 is 0 Å². The van der Waals surface area contributed by atoms with E-state index in [1.165, 1.54) is 39.4 Å². The number of nitrogens with zero attached hydrogens (tertiary/aromatic N) is 2. The lowest BCUT2D eigenvalue weighted by molar-refractivity contribution is -0.111. The number of amides is 1.